The summed E-state index contributed by atoms with van der Waals surface area (Å²) in [5, 5.41) is 10.4. The molecular weight excluding hydrogens is 650 g/mol. The van der Waals surface area contributed by atoms with Crippen molar-refractivity contribution in [2.24, 2.45) is 0 Å². The van der Waals surface area contributed by atoms with Crippen LogP contribution in [0.1, 0.15) is 48.7 Å². The summed E-state index contributed by atoms with van der Waals surface area (Å²) in [5.41, 5.74) is 2.73. The van der Waals surface area contributed by atoms with E-state index in [9.17, 15) is 10.0 Å². The number of thioether (sulfide) groups is 1. The smallest absolute Gasteiger partial charge is 0.246 e. The standard InChI is InChI=1S/C33H38BrNO8S/c1-21(36)35(37)14-6-7-22-17-23(18-29(38-2)32(22)42-15-16-44-26-10-8-25(34)9-11-26)27-12-13-28(43-27)24-19-30(39-3)33(41-5)31(20-24)40-4/h6,8-11,14,17-20,27-28,37H,7,12-13,15-16H2,1-5H3/b14-6+. The molecule has 3 aromatic rings. The Morgan fingerprint density at radius 1 is 0.932 bits per heavy atom. The lowest BCUT2D eigenvalue weighted by Crippen LogP contribution is -2.17. The normalized spacial score (nSPS) is 16.2. The van der Waals surface area contributed by atoms with Gasteiger partial charge in [0.05, 0.1) is 47.3 Å². The number of ether oxygens (including phenoxy) is 6. The Morgan fingerprint density at radius 3 is 2.05 bits per heavy atom. The van der Waals surface area contributed by atoms with Gasteiger partial charge in [0.15, 0.2) is 23.0 Å². The second kappa shape index (κ2) is 16.1. The molecule has 1 saturated heterocycles. The fraction of sp³-hybridized carbons (Fsp3) is 0.364. The van der Waals surface area contributed by atoms with Gasteiger partial charge < -0.3 is 28.4 Å². The predicted octanol–water partition coefficient (Wildman–Crippen LogP) is 7.54. The first-order valence-corrected chi connectivity index (χ1v) is 15.9. The highest BCUT2D eigenvalue weighted by Crippen LogP contribution is 2.47. The Labute approximate surface area is 271 Å². The summed E-state index contributed by atoms with van der Waals surface area (Å²) in [6, 6.07) is 16.0. The number of halogens is 1. The maximum absolute atomic E-state index is 11.5. The first-order chi connectivity index (χ1) is 21.3. The molecule has 236 valence electrons. The average Bonchev–Trinajstić information content (AvgIpc) is 3.53. The summed E-state index contributed by atoms with van der Waals surface area (Å²) in [5.74, 6) is 3.15. The summed E-state index contributed by atoms with van der Waals surface area (Å²) in [6.45, 7) is 1.74. The molecule has 44 heavy (non-hydrogen) atoms. The molecule has 2 unspecified atom stereocenters. The topological polar surface area (TPSA) is 95.9 Å². The molecule has 0 aromatic heterocycles. The van der Waals surface area contributed by atoms with Crippen molar-refractivity contribution in [2.75, 3.05) is 40.8 Å². The van der Waals surface area contributed by atoms with Crippen LogP contribution in [0, 0.1) is 0 Å². The third-order valence-corrected chi connectivity index (χ3v) is 8.65. The van der Waals surface area contributed by atoms with E-state index in [2.05, 4.69) is 28.1 Å². The Hall–Kier alpha value is -3.38. The van der Waals surface area contributed by atoms with Crippen LogP contribution < -0.4 is 23.7 Å². The predicted molar refractivity (Wildman–Crippen MR) is 172 cm³/mol. The Kier molecular flexibility index (Phi) is 12.2. The molecule has 4 rings (SSSR count). The fourth-order valence-corrected chi connectivity index (χ4v) is 5.97. The lowest BCUT2D eigenvalue weighted by molar-refractivity contribution is -0.151. The minimum absolute atomic E-state index is 0.173. The van der Waals surface area contributed by atoms with E-state index in [4.69, 9.17) is 28.4 Å². The van der Waals surface area contributed by atoms with E-state index in [1.165, 1.54) is 13.1 Å². The molecule has 1 heterocycles. The molecule has 0 saturated carbocycles. The lowest BCUT2D eigenvalue weighted by atomic mass is 9.99. The van der Waals surface area contributed by atoms with E-state index in [1.807, 2.05) is 36.4 Å². The summed E-state index contributed by atoms with van der Waals surface area (Å²) in [6.07, 6.45) is 4.66. The summed E-state index contributed by atoms with van der Waals surface area (Å²) >= 11 is 5.16. The van der Waals surface area contributed by atoms with Crippen LogP contribution >= 0.6 is 27.7 Å². The van der Waals surface area contributed by atoms with Crippen molar-refractivity contribution < 1.29 is 38.4 Å². The zero-order valence-electron chi connectivity index (χ0n) is 25.5. The summed E-state index contributed by atoms with van der Waals surface area (Å²) in [4.78, 5) is 12.6. The molecule has 1 N–H and O–H groups in total. The number of methoxy groups -OCH3 is 4. The van der Waals surface area contributed by atoms with Gasteiger partial charge in [0.1, 0.15) is 0 Å². The van der Waals surface area contributed by atoms with E-state index in [0.717, 1.165) is 44.7 Å². The van der Waals surface area contributed by atoms with Crippen LogP contribution in [-0.2, 0) is 16.0 Å². The third kappa shape index (κ3) is 8.41. The third-order valence-electron chi connectivity index (χ3n) is 7.14. The van der Waals surface area contributed by atoms with Crippen LogP contribution in [0.4, 0.5) is 0 Å². The van der Waals surface area contributed by atoms with E-state index in [1.54, 1.807) is 46.3 Å². The second-order valence-corrected chi connectivity index (χ2v) is 12.0. The number of carbonyl (C=O) groups excluding carboxylic acids is 1. The number of amides is 1. The minimum atomic E-state index is -0.480. The summed E-state index contributed by atoms with van der Waals surface area (Å²) in [7, 11) is 6.38. The Morgan fingerprint density at radius 2 is 1.50 bits per heavy atom. The van der Waals surface area contributed by atoms with Gasteiger partial charge in [-0.3, -0.25) is 10.0 Å². The maximum atomic E-state index is 11.5. The Bertz CT molecular complexity index is 1420. The van der Waals surface area contributed by atoms with Gasteiger partial charge in [-0.15, -0.1) is 11.8 Å². The number of hydrogen-bond donors (Lipinski definition) is 1. The van der Waals surface area contributed by atoms with Crippen molar-refractivity contribution in [3.05, 3.63) is 82.0 Å². The monoisotopic (exact) mass is 687 g/mol. The van der Waals surface area contributed by atoms with Gasteiger partial charge in [0.2, 0.25) is 11.7 Å². The van der Waals surface area contributed by atoms with Crippen LogP contribution in [0.25, 0.3) is 0 Å². The maximum Gasteiger partial charge on any atom is 0.246 e. The minimum Gasteiger partial charge on any atom is -0.493 e. The molecule has 3 aromatic carbocycles. The molecule has 1 aliphatic heterocycles. The van der Waals surface area contributed by atoms with Crippen molar-refractivity contribution in [3.8, 4) is 28.7 Å². The second-order valence-electron chi connectivity index (χ2n) is 9.96. The van der Waals surface area contributed by atoms with Gasteiger partial charge >= 0.3 is 0 Å². The van der Waals surface area contributed by atoms with Crippen LogP contribution in [-0.4, -0.2) is 57.0 Å². The molecule has 0 radical (unpaired) electrons. The van der Waals surface area contributed by atoms with Crippen molar-refractivity contribution in [1.82, 2.24) is 5.06 Å². The molecular formula is C33H38BrNO8S. The number of carbonyl (C=O) groups is 1. The highest BCUT2D eigenvalue weighted by atomic mass is 79.9. The van der Waals surface area contributed by atoms with Crippen LogP contribution in [0.5, 0.6) is 28.7 Å². The molecule has 1 amide bonds. The molecule has 1 fully saturated rings. The van der Waals surface area contributed by atoms with Gasteiger partial charge in [0, 0.05) is 33.8 Å². The molecule has 0 spiro atoms. The first kappa shape index (κ1) is 33.5. The van der Waals surface area contributed by atoms with Crippen molar-refractivity contribution >= 4 is 33.6 Å². The molecule has 11 heteroatoms. The lowest BCUT2D eigenvalue weighted by Gasteiger charge is -2.20. The van der Waals surface area contributed by atoms with Crippen LogP contribution in [0.2, 0.25) is 0 Å². The quantitative estimate of drug-likeness (QED) is 0.0798. The SMILES string of the molecule is COc1cc(C2CCC(c3cc(OC)c(OC)c(OC)c3)O2)cc(C/C=C/N(O)C(C)=O)c1OCCSc1ccc(Br)cc1. The Balaban J connectivity index is 1.56. The molecule has 1 aliphatic rings. The zero-order chi connectivity index (χ0) is 31.6. The van der Waals surface area contributed by atoms with Gasteiger partial charge in [-0.1, -0.05) is 22.0 Å². The van der Waals surface area contributed by atoms with Crippen molar-refractivity contribution in [1.29, 1.82) is 0 Å². The van der Waals surface area contributed by atoms with Gasteiger partial charge in [-0.2, -0.15) is 5.06 Å². The largest absolute Gasteiger partial charge is 0.493 e. The number of hydroxylamine groups is 2. The van der Waals surface area contributed by atoms with Gasteiger partial charge in [-0.05, 0) is 78.9 Å². The number of benzene rings is 3. The van der Waals surface area contributed by atoms with Gasteiger partial charge in [0.25, 0.3) is 0 Å². The molecule has 9 nitrogen and oxygen atoms in total. The van der Waals surface area contributed by atoms with E-state index >= 15 is 0 Å². The number of allylic oxidation sites excluding steroid dienone is 1. The number of rotatable bonds is 14. The highest BCUT2D eigenvalue weighted by Gasteiger charge is 2.31. The first-order valence-electron chi connectivity index (χ1n) is 14.1. The van der Waals surface area contributed by atoms with E-state index < -0.39 is 5.91 Å². The fourth-order valence-electron chi connectivity index (χ4n) is 4.97. The van der Waals surface area contributed by atoms with Crippen LogP contribution in [0.3, 0.4) is 0 Å². The molecule has 0 aliphatic carbocycles. The zero-order valence-corrected chi connectivity index (χ0v) is 27.9. The van der Waals surface area contributed by atoms with Crippen LogP contribution in [0.15, 0.2) is 70.2 Å². The van der Waals surface area contributed by atoms with Crippen molar-refractivity contribution in [3.63, 3.8) is 0 Å². The van der Waals surface area contributed by atoms with E-state index in [-0.39, 0.29) is 12.2 Å². The number of nitrogens with zero attached hydrogens (tertiary/aromatic N) is 1. The van der Waals surface area contributed by atoms with E-state index in [0.29, 0.717) is 46.8 Å². The molecule has 0 bridgehead atoms. The van der Waals surface area contributed by atoms with Gasteiger partial charge in [-0.25, -0.2) is 0 Å². The number of hydrogen-bond acceptors (Lipinski definition) is 9. The highest BCUT2D eigenvalue weighted by molar-refractivity contribution is 9.10. The van der Waals surface area contributed by atoms with Crippen molar-refractivity contribution in [2.45, 2.75) is 43.3 Å². The average molecular weight is 689 g/mol. The summed E-state index contributed by atoms with van der Waals surface area (Å²) < 4.78 is 36.2. The molecule has 2 atom stereocenters.